The average Bonchev–Trinajstić information content (AvgIpc) is 3.74. The molecular weight excluding hydrogens is 718 g/mol. The summed E-state index contributed by atoms with van der Waals surface area (Å²) in [4.78, 5) is 12.6. The number of para-hydroxylation sites is 1. The van der Waals surface area contributed by atoms with E-state index in [9.17, 15) is 4.79 Å². The third-order valence-corrected chi connectivity index (χ3v) is 9.53. The van der Waals surface area contributed by atoms with Crippen molar-refractivity contribution in [1.82, 2.24) is 10.5 Å². The fraction of sp³-hybridized carbons (Fsp3) is 0.349. The number of hydrogen-bond acceptors (Lipinski definition) is 12. The number of methoxy groups -OCH3 is 6. The van der Waals surface area contributed by atoms with Gasteiger partial charge in [0.2, 0.25) is 11.5 Å². The lowest BCUT2D eigenvalue weighted by molar-refractivity contribution is 0.0935. The average molecular weight is 768 g/mol. The number of fused-ring (bicyclic) bond motifs is 1. The van der Waals surface area contributed by atoms with Gasteiger partial charge in [-0.25, -0.2) is 0 Å². The number of amides is 1. The van der Waals surface area contributed by atoms with Crippen LogP contribution in [0.1, 0.15) is 60.6 Å². The van der Waals surface area contributed by atoms with Gasteiger partial charge in [-0.2, -0.15) is 0 Å². The number of hydrogen-bond donors (Lipinski definition) is 2. The second-order valence-corrected chi connectivity index (χ2v) is 13.0. The van der Waals surface area contributed by atoms with Crippen LogP contribution in [0.25, 0.3) is 22.6 Å². The molecule has 0 radical (unpaired) electrons. The molecule has 1 aromatic heterocycles. The molecule has 13 nitrogen and oxygen atoms in total. The number of carbonyl (C=O) groups excluding carboxylic acids is 1. The summed E-state index contributed by atoms with van der Waals surface area (Å²) in [5.41, 5.74) is 4.35. The van der Waals surface area contributed by atoms with Crippen molar-refractivity contribution in [3.63, 3.8) is 0 Å². The predicted molar refractivity (Wildman–Crippen MR) is 212 cm³/mol. The van der Waals surface area contributed by atoms with Crippen molar-refractivity contribution < 1.29 is 47.2 Å². The molecule has 13 heteroatoms. The van der Waals surface area contributed by atoms with E-state index < -0.39 is 0 Å². The van der Waals surface area contributed by atoms with Crippen LogP contribution in [0.15, 0.2) is 77.3 Å². The Morgan fingerprint density at radius 3 is 1.80 bits per heavy atom. The maximum atomic E-state index is 12.6. The van der Waals surface area contributed by atoms with Crippen LogP contribution in [0.5, 0.6) is 46.0 Å². The van der Waals surface area contributed by atoms with Gasteiger partial charge in [0.05, 0.1) is 61.4 Å². The predicted octanol–water partition coefficient (Wildman–Crippen LogP) is 8.71. The topological polar surface area (TPSA) is 141 Å². The Morgan fingerprint density at radius 1 is 0.571 bits per heavy atom. The van der Waals surface area contributed by atoms with Crippen LogP contribution in [0.3, 0.4) is 0 Å². The van der Waals surface area contributed by atoms with E-state index in [4.69, 9.17) is 42.4 Å². The van der Waals surface area contributed by atoms with Crippen molar-refractivity contribution in [3.05, 3.63) is 83.9 Å². The number of unbranched alkanes of at least 4 members (excludes halogenated alkanes) is 5. The smallest absolute Gasteiger partial charge is 0.255 e. The summed E-state index contributed by atoms with van der Waals surface area (Å²) in [7, 11) is 9.50. The highest BCUT2D eigenvalue weighted by atomic mass is 16.5. The van der Waals surface area contributed by atoms with Crippen LogP contribution in [0, 0.1) is 0 Å². The molecule has 4 aromatic carbocycles. The van der Waals surface area contributed by atoms with Gasteiger partial charge in [-0.15, -0.1) is 0 Å². The number of aromatic nitrogens is 1. The van der Waals surface area contributed by atoms with Gasteiger partial charge in [0, 0.05) is 22.9 Å². The van der Waals surface area contributed by atoms with Gasteiger partial charge in [-0.05, 0) is 66.9 Å². The second kappa shape index (κ2) is 18.9. The van der Waals surface area contributed by atoms with E-state index in [1.165, 1.54) is 0 Å². The molecule has 0 aliphatic carbocycles. The summed E-state index contributed by atoms with van der Waals surface area (Å²) < 4.78 is 51.5. The van der Waals surface area contributed by atoms with Crippen LogP contribution in [0.4, 0.5) is 5.69 Å². The van der Waals surface area contributed by atoms with E-state index in [1.807, 2.05) is 66.7 Å². The quantitative estimate of drug-likeness (QED) is 0.0732. The van der Waals surface area contributed by atoms with Crippen molar-refractivity contribution >= 4 is 11.6 Å². The van der Waals surface area contributed by atoms with Crippen LogP contribution < -0.4 is 48.5 Å². The van der Waals surface area contributed by atoms with Gasteiger partial charge in [0.15, 0.2) is 40.3 Å². The summed E-state index contributed by atoms with van der Waals surface area (Å²) >= 11 is 0. The summed E-state index contributed by atoms with van der Waals surface area (Å²) in [6.45, 7) is 1.10. The molecular formula is C43H49N3O10. The first-order valence-electron chi connectivity index (χ1n) is 18.5. The summed E-state index contributed by atoms with van der Waals surface area (Å²) in [5, 5.41) is 10.7. The van der Waals surface area contributed by atoms with Gasteiger partial charge in [0.1, 0.15) is 11.9 Å². The SMILES string of the molecule is COc1cc(C2NC(=O)c3ccccc3N2)ccc1OCCCCCCCCOc1c(OC)cc(-c2cc(-c3cc(OC)c(OC)c(OC)c3)no2)cc1OC. The van der Waals surface area contributed by atoms with Gasteiger partial charge in [0.25, 0.3) is 5.91 Å². The first-order chi connectivity index (χ1) is 27.4. The molecule has 0 bridgehead atoms. The zero-order chi connectivity index (χ0) is 39.4. The molecule has 0 spiro atoms. The number of benzene rings is 4. The Labute approximate surface area is 327 Å². The molecule has 0 saturated carbocycles. The van der Waals surface area contributed by atoms with E-state index in [0.717, 1.165) is 60.9 Å². The lowest BCUT2D eigenvalue weighted by Crippen LogP contribution is -2.38. The molecule has 2 heterocycles. The van der Waals surface area contributed by atoms with Crippen LogP contribution in [0.2, 0.25) is 0 Å². The first kappa shape index (κ1) is 39.5. The number of carbonyl (C=O) groups is 1. The van der Waals surface area contributed by atoms with Crippen molar-refractivity contribution in [2.24, 2.45) is 0 Å². The van der Waals surface area contributed by atoms with E-state index in [-0.39, 0.29) is 12.1 Å². The normalized spacial score (nSPS) is 13.2. The van der Waals surface area contributed by atoms with Crippen LogP contribution >= 0.6 is 0 Å². The largest absolute Gasteiger partial charge is 0.493 e. The maximum absolute atomic E-state index is 12.6. The molecule has 0 fully saturated rings. The molecule has 2 N–H and O–H groups in total. The molecule has 56 heavy (non-hydrogen) atoms. The number of anilines is 1. The van der Waals surface area contributed by atoms with Gasteiger partial charge in [-0.3, -0.25) is 4.79 Å². The highest BCUT2D eigenvalue weighted by Gasteiger charge is 2.25. The highest BCUT2D eigenvalue weighted by molar-refractivity contribution is 6.01. The lowest BCUT2D eigenvalue weighted by atomic mass is 10.1. The minimum atomic E-state index is -0.363. The molecule has 0 saturated heterocycles. The summed E-state index contributed by atoms with van der Waals surface area (Å²) in [6, 6.07) is 22.3. The molecule has 5 aromatic rings. The van der Waals surface area contributed by atoms with Crippen molar-refractivity contribution in [3.8, 4) is 68.6 Å². The standard InChI is InChI=1S/C43H49N3O10/c1-48-35-21-27(42-44-31-16-12-11-15-30(31)43(47)45-42)17-18-33(35)54-19-13-9-7-8-10-14-20-55-41-38(51-4)24-29(25-39(41)52-5)34-26-32(46-56-34)28-22-36(49-2)40(53-6)37(23-28)50-3/h11-12,15-18,21-26,42,44H,7-10,13-14,19-20H2,1-6H3,(H,45,47). The minimum absolute atomic E-state index is 0.114. The Hall–Kier alpha value is -6.24. The maximum Gasteiger partial charge on any atom is 0.255 e. The van der Waals surface area contributed by atoms with E-state index in [0.29, 0.717) is 76.2 Å². The summed E-state index contributed by atoms with van der Waals surface area (Å²) in [6.07, 6.45) is 5.69. The highest BCUT2D eigenvalue weighted by Crippen LogP contribution is 2.44. The van der Waals surface area contributed by atoms with Crippen molar-refractivity contribution in [2.45, 2.75) is 44.7 Å². The fourth-order valence-corrected chi connectivity index (χ4v) is 6.57. The molecule has 1 aliphatic heterocycles. The Balaban J connectivity index is 0.940. The molecule has 1 amide bonds. The van der Waals surface area contributed by atoms with Crippen LogP contribution in [-0.2, 0) is 0 Å². The van der Waals surface area contributed by atoms with Gasteiger partial charge < -0.3 is 53.1 Å². The monoisotopic (exact) mass is 767 g/mol. The Bertz CT molecular complexity index is 2050. The third kappa shape index (κ3) is 8.99. The van der Waals surface area contributed by atoms with E-state index in [1.54, 1.807) is 48.7 Å². The minimum Gasteiger partial charge on any atom is -0.493 e. The van der Waals surface area contributed by atoms with Crippen LogP contribution in [-0.4, -0.2) is 66.9 Å². The number of ether oxygens (including phenoxy) is 8. The van der Waals surface area contributed by atoms with E-state index in [2.05, 4.69) is 15.8 Å². The van der Waals surface area contributed by atoms with Crippen molar-refractivity contribution in [1.29, 1.82) is 0 Å². The lowest BCUT2D eigenvalue weighted by Gasteiger charge is -2.28. The van der Waals surface area contributed by atoms with E-state index >= 15 is 0 Å². The second-order valence-electron chi connectivity index (χ2n) is 13.0. The van der Waals surface area contributed by atoms with Crippen molar-refractivity contribution in [2.75, 3.05) is 61.2 Å². The fourth-order valence-electron chi connectivity index (χ4n) is 6.57. The zero-order valence-electron chi connectivity index (χ0n) is 32.7. The van der Waals surface area contributed by atoms with Gasteiger partial charge in [-0.1, -0.05) is 49.0 Å². The number of nitrogens with zero attached hydrogens (tertiary/aromatic N) is 1. The Morgan fingerprint density at radius 2 is 1.16 bits per heavy atom. The first-order valence-corrected chi connectivity index (χ1v) is 18.5. The molecule has 6 rings (SSSR count). The Kier molecular flexibility index (Phi) is 13.3. The molecule has 1 unspecified atom stereocenters. The summed E-state index contributed by atoms with van der Waals surface area (Å²) in [5.74, 6) is 4.82. The zero-order valence-corrected chi connectivity index (χ0v) is 32.7. The van der Waals surface area contributed by atoms with Gasteiger partial charge >= 0.3 is 0 Å². The third-order valence-electron chi connectivity index (χ3n) is 9.53. The molecule has 296 valence electrons. The molecule has 1 atom stereocenters. The number of rotatable bonds is 20. The molecule has 1 aliphatic rings. The number of nitrogens with one attached hydrogen (secondary N) is 2.